The molecule has 1 aromatic heterocycles. The van der Waals surface area contributed by atoms with Gasteiger partial charge < -0.3 is 9.88 Å². The van der Waals surface area contributed by atoms with Crippen LogP contribution in [0.25, 0.3) is 0 Å². The Morgan fingerprint density at radius 3 is 2.88 bits per heavy atom. The molecule has 7 heteroatoms. The van der Waals surface area contributed by atoms with Crippen LogP contribution < -0.4 is 10.0 Å². The van der Waals surface area contributed by atoms with Crippen LogP contribution in [-0.2, 0) is 10.0 Å². The third-order valence-corrected chi connectivity index (χ3v) is 4.24. The van der Waals surface area contributed by atoms with Crippen LogP contribution in [0.15, 0.2) is 17.6 Å². The molecule has 0 aliphatic carbocycles. The zero-order chi connectivity index (χ0) is 12.5. The number of aromatic nitrogens is 2. The monoisotopic (exact) mass is 258 g/mol. The molecule has 0 radical (unpaired) electrons. The lowest BCUT2D eigenvalue weighted by Gasteiger charge is -2.10. The zero-order valence-electron chi connectivity index (χ0n) is 10.0. The van der Waals surface area contributed by atoms with E-state index in [0.29, 0.717) is 6.54 Å². The standard InChI is InChI=1S/C10H18N4O2S/c1-8(2)14-6-10(12-7-14)17(15,16)13-9-3-4-11-5-9/h6-9,11,13H,3-5H2,1-2H3. The van der Waals surface area contributed by atoms with Gasteiger partial charge in [-0.2, -0.15) is 0 Å². The van der Waals surface area contributed by atoms with Crippen molar-refractivity contribution in [2.24, 2.45) is 0 Å². The van der Waals surface area contributed by atoms with Gasteiger partial charge >= 0.3 is 0 Å². The number of imidazole rings is 1. The first-order valence-corrected chi connectivity index (χ1v) is 7.24. The largest absolute Gasteiger partial charge is 0.334 e. The Balaban J connectivity index is 2.13. The van der Waals surface area contributed by atoms with E-state index in [-0.39, 0.29) is 17.1 Å². The predicted octanol–water partition coefficient (Wildman–Crippen LogP) is 0.104. The van der Waals surface area contributed by atoms with E-state index in [9.17, 15) is 8.42 Å². The molecule has 6 nitrogen and oxygen atoms in total. The average Bonchev–Trinajstić information content (AvgIpc) is 2.84. The maximum Gasteiger partial charge on any atom is 0.259 e. The first-order chi connectivity index (χ1) is 7.99. The molecular formula is C10H18N4O2S. The molecule has 0 spiro atoms. The van der Waals surface area contributed by atoms with Crippen molar-refractivity contribution in [3.05, 3.63) is 12.5 Å². The fourth-order valence-electron chi connectivity index (χ4n) is 1.77. The molecule has 2 rings (SSSR count). The first kappa shape index (κ1) is 12.5. The van der Waals surface area contributed by atoms with Gasteiger partial charge in [-0.25, -0.2) is 18.1 Å². The van der Waals surface area contributed by atoms with Gasteiger partial charge in [0.05, 0.1) is 6.33 Å². The Morgan fingerprint density at radius 1 is 1.59 bits per heavy atom. The van der Waals surface area contributed by atoms with Crippen molar-refractivity contribution in [1.29, 1.82) is 0 Å². The molecule has 0 saturated carbocycles. The minimum absolute atomic E-state index is 0.0239. The van der Waals surface area contributed by atoms with E-state index in [1.54, 1.807) is 17.1 Å². The first-order valence-electron chi connectivity index (χ1n) is 5.75. The molecule has 0 amide bonds. The quantitative estimate of drug-likeness (QED) is 0.803. The van der Waals surface area contributed by atoms with E-state index < -0.39 is 10.0 Å². The minimum Gasteiger partial charge on any atom is -0.334 e. The zero-order valence-corrected chi connectivity index (χ0v) is 10.9. The molecule has 0 aromatic carbocycles. The summed E-state index contributed by atoms with van der Waals surface area (Å²) in [6, 6.07) is 0.184. The fourth-order valence-corrected chi connectivity index (χ4v) is 2.98. The highest BCUT2D eigenvalue weighted by molar-refractivity contribution is 7.89. The lowest BCUT2D eigenvalue weighted by molar-refractivity contribution is 0.556. The van der Waals surface area contributed by atoms with Crippen molar-refractivity contribution in [1.82, 2.24) is 19.6 Å². The number of hydrogen-bond acceptors (Lipinski definition) is 4. The Morgan fingerprint density at radius 2 is 2.35 bits per heavy atom. The summed E-state index contributed by atoms with van der Waals surface area (Å²) in [7, 11) is -3.48. The van der Waals surface area contributed by atoms with Crippen LogP contribution in [0.5, 0.6) is 0 Å². The van der Waals surface area contributed by atoms with Crippen molar-refractivity contribution in [3.63, 3.8) is 0 Å². The normalized spacial score (nSPS) is 21.2. The van der Waals surface area contributed by atoms with Crippen molar-refractivity contribution in [3.8, 4) is 0 Å². The van der Waals surface area contributed by atoms with Crippen LogP contribution in [0.1, 0.15) is 26.3 Å². The third kappa shape index (κ3) is 2.85. The summed E-state index contributed by atoms with van der Waals surface area (Å²) in [5, 5.41) is 3.21. The Hall–Kier alpha value is -0.920. The van der Waals surface area contributed by atoms with E-state index in [0.717, 1.165) is 13.0 Å². The van der Waals surface area contributed by atoms with Gasteiger partial charge in [0, 0.05) is 24.8 Å². The van der Waals surface area contributed by atoms with Gasteiger partial charge in [0.2, 0.25) is 0 Å². The van der Waals surface area contributed by atoms with Gasteiger partial charge in [0.15, 0.2) is 5.03 Å². The Bertz CT molecular complexity index is 474. The topological polar surface area (TPSA) is 76.0 Å². The summed E-state index contributed by atoms with van der Waals surface area (Å²) < 4.78 is 28.5. The van der Waals surface area contributed by atoms with E-state index in [1.165, 1.54) is 0 Å². The summed E-state index contributed by atoms with van der Waals surface area (Å²) >= 11 is 0. The Kier molecular flexibility index (Phi) is 3.50. The van der Waals surface area contributed by atoms with Gasteiger partial charge in [-0.15, -0.1) is 0 Å². The lowest BCUT2D eigenvalue weighted by Crippen LogP contribution is -2.36. The van der Waals surface area contributed by atoms with Gasteiger partial charge in [0.1, 0.15) is 0 Å². The van der Waals surface area contributed by atoms with Gasteiger partial charge in [-0.05, 0) is 26.8 Å². The lowest BCUT2D eigenvalue weighted by atomic mass is 10.3. The van der Waals surface area contributed by atoms with Crippen LogP contribution in [0.2, 0.25) is 0 Å². The SMILES string of the molecule is CC(C)n1cnc(S(=O)(=O)NC2CCNC2)c1. The number of rotatable bonds is 4. The van der Waals surface area contributed by atoms with E-state index in [1.807, 2.05) is 13.8 Å². The molecule has 0 bridgehead atoms. The molecule has 1 atom stereocenters. The molecule has 1 aliphatic heterocycles. The molecule has 1 unspecified atom stereocenters. The maximum atomic E-state index is 12.0. The summed E-state index contributed by atoms with van der Waals surface area (Å²) in [4.78, 5) is 3.94. The van der Waals surface area contributed by atoms with Gasteiger partial charge in [-0.3, -0.25) is 0 Å². The van der Waals surface area contributed by atoms with E-state index in [4.69, 9.17) is 0 Å². The van der Waals surface area contributed by atoms with Crippen molar-refractivity contribution >= 4 is 10.0 Å². The fraction of sp³-hybridized carbons (Fsp3) is 0.700. The number of nitrogens with one attached hydrogen (secondary N) is 2. The highest BCUT2D eigenvalue weighted by atomic mass is 32.2. The molecule has 2 heterocycles. The number of sulfonamides is 1. The maximum absolute atomic E-state index is 12.0. The molecule has 1 aromatic rings. The third-order valence-electron chi connectivity index (χ3n) is 2.83. The minimum atomic E-state index is -3.48. The van der Waals surface area contributed by atoms with E-state index in [2.05, 4.69) is 15.0 Å². The second kappa shape index (κ2) is 4.75. The number of hydrogen-bond donors (Lipinski definition) is 2. The molecule has 1 aliphatic rings. The van der Waals surface area contributed by atoms with Crippen molar-refractivity contribution in [2.75, 3.05) is 13.1 Å². The van der Waals surface area contributed by atoms with Crippen molar-refractivity contribution < 1.29 is 8.42 Å². The van der Waals surface area contributed by atoms with Crippen LogP contribution in [-0.4, -0.2) is 37.1 Å². The summed E-state index contributed by atoms with van der Waals surface area (Å²) in [5.74, 6) is 0. The highest BCUT2D eigenvalue weighted by Crippen LogP contribution is 2.11. The second-order valence-electron chi connectivity index (χ2n) is 4.56. The molecule has 1 saturated heterocycles. The molecule has 96 valence electrons. The second-order valence-corrected chi connectivity index (χ2v) is 6.22. The van der Waals surface area contributed by atoms with Crippen LogP contribution in [0.4, 0.5) is 0 Å². The smallest absolute Gasteiger partial charge is 0.259 e. The molecular weight excluding hydrogens is 240 g/mol. The van der Waals surface area contributed by atoms with Gasteiger partial charge in [-0.1, -0.05) is 0 Å². The highest BCUT2D eigenvalue weighted by Gasteiger charge is 2.24. The van der Waals surface area contributed by atoms with Crippen LogP contribution >= 0.6 is 0 Å². The number of nitrogens with zero attached hydrogens (tertiary/aromatic N) is 2. The van der Waals surface area contributed by atoms with Crippen LogP contribution in [0.3, 0.4) is 0 Å². The average molecular weight is 258 g/mol. The van der Waals surface area contributed by atoms with Gasteiger partial charge in [0.25, 0.3) is 10.0 Å². The van der Waals surface area contributed by atoms with Crippen LogP contribution in [0, 0.1) is 0 Å². The molecule has 17 heavy (non-hydrogen) atoms. The summed E-state index contributed by atoms with van der Waals surface area (Å²) in [6.45, 7) is 5.50. The van der Waals surface area contributed by atoms with Crippen molar-refractivity contribution in [2.45, 2.75) is 37.4 Å². The predicted molar refractivity (Wildman–Crippen MR) is 64.2 cm³/mol. The Labute approximate surface area is 101 Å². The molecule has 1 fully saturated rings. The summed E-state index contributed by atoms with van der Waals surface area (Å²) in [6.07, 6.45) is 3.94. The van der Waals surface area contributed by atoms with E-state index >= 15 is 0 Å². The summed E-state index contributed by atoms with van der Waals surface area (Å²) in [5.41, 5.74) is 0. The molecule has 2 N–H and O–H groups in total.